The first kappa shape index (κ1) is 21.7. The van der Waals surface area contributed by atoms with E-state index in [0.29, 0.717) is 32.5 Å². The average Bonchev–Trinajstić information content (AvgIpc) is 2.82. The summed E-state index contributed by atoms with van der Waals surface area (Å²) in [7, 11) is 0. The fourth-order valence-electron chi connectivity index (χ4n) is 4.02. The number of nitrogens with zero attached hydrogens (tertiary/aromatic N) is 4. The van der Waals surface area contributed by atoms with Gasteiger partial charge in [-0.3, -0.25) is 9.69 Å². The molecule has 1 saturated heterocycles. The molecule has 0 aromatic heterocycles. The molecule has 2 aromatic rings. The summed E-state index contributed by atoms with van der Waals surface area (Å²) >= 11 is 1.77. The van der Waals surface area contributed by atoms with Gasteiger partial charge in [0, 0.05) is 55.5 Å². The molecule has 0 saturated carbocycles. The monoisotopic (exact) mass is 436 g/mol. The van der Waals surface area contributed by atoms with Crippen molar-refractivity contribution >= 4 is 29.0 Å². The number of morpholine rings is 1. The van der Waals surface area contributed by atoms with E-state index in [1.807, 2.05) is 17.0 Å². The molecule has 4 rings (SSSR count). The number of ether oxygens (including phenoxy) is 1. The lowest BCUT2D eigenvalue weighted by atomic mass is 10.2. The van der Waals surface area contributed by atoms with Crippen LogP contribution >= 0.6 is 11.8 Å². The first-order valence-electron chi connectivity index (χ1n) is 10.8. The summed E-state index contributed by atoms with van der Waals surface area (Å²) in [5.41, 5.74) is 2.30. The van der Waals surface area contributed by atoms with Gasteiger partial charge in [0.05, 0.1) is 37.1 Å². The van der Waals surface area contributed by atoms with Gasteiger partial charge in [-0.25, -0.2) is 0 Å². The first-order chi connectivity index (χ1) is 15.3. The van der Waals surface area contributed by atoms with Gasteiger partial charge >= 0.3 is 0 Å². The van der Waals surface area contributed by atoms with E-state index >= 15 is 0 Å². The number of carbonyl (C=O) groups is 1. The van der Waals surface area contributed by atoms with Crippen molar-refractivity contribution in [3.05, 3.63) is 48.5 Å². The van der Waals surface area contributed by atoms with Crippen molar-refractivity contribution in [1.29, 1.82) is 5.26 Å². The molecule has 0 radical (unpaired) electrons. The Bertz CT molecular complexity index is 894. The molecule has 0 spiro atoms. The van der Waals surface area contributed by atoms with Crippen LogP contribution in [0.3, 0.4) is 0 Å². The molecule has 0 atom stereocenters. The standard InChI is InChI=1S/C24H28N4O2S/c25-11-5-12-27(15-14-26-16-18-30-19-17-26)24(29)10-13-28-20-6-1-3-8-22(20)31-23-9-4-2-7-21(23)28/h1-4,6-9H,5,10,12-19H2. The number of rotatable bonds is 8. The molecule has 0 aliphatic carbocycles. The lowest BCUT2D eigenvalue weighted by Gasteiger charge is -2.33. The molecule has 0 unspecified atom stereocenters. The number of para-hydroxylation sites is 2. The van der Waals surface area contributed by atoms with Crippen LogP contribution in [0, 0.1) is 11.3 Å². The van der Waals surface area contributed by atoms with Gasteiger partial charge < -0.3 is 14.5 Å². The van der Waals surface area contributed by atoms with Gasteiger partial charge in [-0.1, -0.05) is 36.0 Å². The highest BCUT2D eigenvalue weighted by Crippen LogP contribution is 2.47. The van der Waals surface area contributed by atoms with Crippen molar-refractivity contribution < 1.29 is 9.53 Å². The number of hydrogen-bond acceptors (Lipinski definition) is 6. The SMILES string of the molecule is N#CCCN(CCN1CCOCC1)C(=O)CCN1c2ccccc2Sc2ccccc21. The molecule has 0 bridgehead atoms. The zero-order valence-corrected chi connectivity index (χ0v) is 18.5. The van der Waals surface area contributed by atoms with Gasteiger partial charge in [0.25, 0.3) is 0 Å². The van der Waals surface area contributed by atoms with Gasteiger partial charge in [-0.2, -0.15) is 5.26 Å². The van der Waals surface area contributed by atoms with Crippen molar-refractivity contribution in [2.24, 2.45) is 0 Å². The highest BCUT2D eigenvalue weighted by atomic mass is 32.2. The van der Waals surface area contributed by atoms with E-state index in [0.717, 1.165) is 44.2 Å². The van der Waals surface area contributed by atoms with Crippen molar-refractivity contribution in [3.8, 4) is 6.07 Å². The van der Waals surface area contributed by atoms with Gasteiger partial charge in [0.1, 0.15) is 0 Å². The lowest BCUT2D eigenvalue weighted by Crippen LogP contribution is -2.43. The molecular formula is C24H28N4O2S. The fourth-order valence-corrected chi connectivity index (χ4v) is 5.12. The fraction of sp³-hybridized carbons (Fsp3) is 0.417. The van der Waals surface area contributed by atoms with E-state index in [2.05, 4.69) is 52.3 Å². The Hall–Kier alpha value is -2.53. The Morgan fingerprint density at radius 1 is 1.00 bits per heavy atom. The van der Waals surface area contributed by atoms with Crippen LogP contribution in [0.1, 0.15) is 12.8 Å². The quantitative estimate of drug-likeness (QED) is 0.628. The lowest BCUT2D eigenvalue weighted by molar-refractivity contribution is -0.131. The molecule has 31 heavy (non-hydrogen) atoms. The van der Waals surface area contributed by atoms with Crippen molar-refractivity contribution in [2.45, 2.75) is 22.6 Å². The molecular weight excluding hydrogens is 408 g/mol. The third kappa shape index (κ3) is 5.40. The summed E-state index contributed by atoms with van der Waals surface area (Å²) in [6.45, 7) is 5.89. The zero-order valence-electron chi connectivity index (χ0n) is 17.7. The molecule has 1 fully saturated rings. The highest BCUT2D eigenvalue weighted by Gasteiger charge is 2.24. The van der Waals surface area contributed by atoms with Crippen LogP contribution in [0.25, 0.3) is 0 Å². The molecule has 2 heterocycles. The summed E-state index contributed by atoms with van der Waals surface area (Å²) < 4.78 is 5.41. The normalized spacial score (nSPS) is 15.6. The van der Waals surface area contributed by atoms with Gasteiger partial charge in [0.2, 0.25) is 5.91 Å². The average molecular weight is 437 g/mol. The maximum atomic E-state index is 13.1. The minimum Gasteiger partial charge on any atom is -0.379 e. The summed E-state index contributed by atoms with van der Waals surface area (Å²) in [5.74, 6) is 0.108. The Balaban J connectivity index is 1.43. The van der Waals surface area contributed by atoms with Crippen LogP contribution in [-0.4, -0.2) is 68.2 Å². The molecule has 2 aliphatic heterocycles. The van der Waals surface area contributed by atoms with Gasteiger partial charge in [-0.05, 0) is 24.3 Å². The Morgan fingerprint density at radius 2 is 1.65 bits per heavy atom. The second-order valence-electron chi connectivity index (χ2n) is 7.68. The number of benzene rings is 2. The largest absolute Gasteiger partial charge is 0.379 e. The van der Waals surface area contributed by atoms with Gasteiger partial charge in [-0.15, -0.1) is 0 Å². The number of anilines is 2. The van der Waals surface area contributed by atoms with Crippen molar-refractivity contribution in [3.63, 3.8) is 0 Å². The van der Waals surface area contributed by atoms with Crippen molar-refractivity contribution in [2.75, 3.05) is 57.4 Å². The Kier molecular flexibility index (Phi) is 7.47. The molecule has 2 aromatic carbocycles. The molecule has 0 N–H and O–H groups in total. The maximum absolute atomic E-state index is 13.1. The Labute approximate surface area is 188 Å². The molecule has 2 aliphatic rings. The minimum absolute atomic E-state index is 0.108. The van der Waals surface area contributed by atoms with E-state index in [-0.39, 0.29) is 5.91 Å². The molecule has 6 nitrogen and oxygen atoms in total. The van der Waals surface area contributed by atoms with Crippen molar-refractivity contribution in [1.82, 2.24) is 9.80 Å². The predicted molar refractivity (Wildman–Crippen MR) is 123 cm³/mol. The molecule has 7 heteroatoms. The van der Waals surface area contributed by atoms with Gasteiger partial charge in [0.15, 0.2) is 0 Å². The number of nitriles is 1. The van der Waals surface area contributed by atoms with Crippen LogP contribution in [0.5, 0.6) is 0 Å². The third-order valence-electron chi connectivity index (χ3n) is 5.72. The smallest absolute Gasteiger partial charge is 0.224 e. The highest BCUT2D eigenvalue weighted by molar-refractivity contribution is 7.99. The Morgan fingerprint density at radius 3 is 2.29 bits per heavy atom. The summed E-state index contributed by atoms with van der Waals surface area (Å²) in [6, 6.07) is 18.9. The first-order valence-corrected chi connectivity index (χ1v) is 11.7. The second kappa shape index (κ2) is 10.7. The minimum atomic E-state index is 0.108. The van der Waals surface area contributed by atoms with E-state index in [1.165, 1.54) is 9.79 Å². The van der Waals surface area contributed by atoms with Crippen LogP contribution in [0.2, 0.25) is 0 Å². The zero-order chi connectivity index (χ0) is 21.5. The van der Waals surface area contributed by atoms with Crippen LogP contribution in [0.15, 0.2) is 58.3 Å². The number of hydrogen-bond donors (Lipinski definition) is 0. The molecule has 162 valence electrons. The topological polar surface area (TPSA) is 59.8 Å². The van der Waals surface area contributed by atoms with Crippen LogP contribution in [-0.2, 0) is 9.53 Å². The summed E-state index contributed by atoms with van der Waals surface area (Å²) in [5, 5.41) is 9.04. The number of fused-ring (bicyclic) bond motifs is 2. The summed E-state index contributed by atoms with van der Waals surface area (Å²) in [6.07, 6.45) is 0.781. The second-order valence-corrected chi connectivity index (χ2v) is 8.77. The number of carbonyl (C=O) groups excluding carboxylic acids is 1. The van der Waals surface area contributed by atoms with E-state index < -0.39 is 0 Å². The molecule has 1 amide bonds. The van der Waals surface area contributed by atoms with Crippen LogP contribution in [0.4, 0.5) is 11.4 Å². The summed E-state index contributed by atoms with van der Waals surface area (Å²) in [4.78, 5) is 22.0. The predicted octanol–water partition coefficient (Wildman–Crippen LogP) is 3.75. The maximum Gasteiger partial charge on any atom is 0.224 e. The number of amides is 1. The van der Waals surface area contributed by atoms with Crippen LogP contribution < -0.4 is 4.90 Å². The van der Waals surface area contributed by atoms with E-state index in [9.17, 15) is 4.79 Å². The third-order valence-corrected chi connectivity index (χ3v) is 6.85. The van der Waals surface area contributed by atoms with E-state index in [1.54, 1.807) is 11.8 Å². The van der Waals surface area contributed by atoms with E-state index in [4.69, 9.17) is 10.00 Å².